The molecule has 0 atom stereocenters. The van der Waals surface area contributed by atoms with E-state index in [4.69, 9.17) is 0 Å². The van der Waals surface area contributed by atoms with E-state index >= 15 is 0 Å². The van der Waals surface area contributed by atoms with Gasteiger partial charge in [-0.15, -0.1) is 0 Å². The van der Waals surface area contributed by atoms with Crippen LogP contribution in [0, 0.1) is 0 Å². The van der Waals surface area contributed by atoms with E-state index in [1.807, 2.05) is 12.4 Å². The summed E-state index contributed by atoms with van der Waals surface area (Å²) in [5.74, 6) is 0. The van der Waals surface area contributed by atoms with Gasteiger partial charge in [0.2, 0.25) is 6.33 Å². The summed E-state index contributed by atoms with van der Waals surface area (Å²) in [5, 5.41) is 0. The first-order chi connectivity index (χ1) is 2.50. The number of rotatable bonds is 0. The quantitative estimate of drug-likeness (QED) is 0.494. The molecule has 1 aromatic rings. The summed E-state index contributed by atoms with van der Waals surface area (Å²) in [6.45, 7) is 0. The Morgan fingerprint density at radius 3 is 2.29 bits per heavy atom. The summed E-state index contributed by atoms with van der Waals surface area (Å²) in [5.41, 5.74) is 0. The largest absolute Gasteiger partial charge is 2.00 e. The van der Waals surface area contributed by atoms with Crippen molar-refractivity contribution in [3.63, 3.8) is 0 Å². The van der Waals surface area contributed by atoms with Crippen molar-refractivity contribution in [2.75, 3.05) is 0 Å². The Morgan fingerprint density at radius 2 is 2.14 bits per heavy atom. The van der Waals surface area contributed by atoms with E-state index in [0.29, 0.717) is 0 Å². The molecule has 0 aliphatic rings. The van der Waals surface area contributed by atoms with Crippen LogP contribution in [0.4, 0.5) is 0 Å². The molecule has 0 amide bonds. The van der Waals surface area contributed by atoms with Gasteiger partial charge >= 0.3 is 0 Å². The minimum atomic E-state index is 0. The van der Waals surface area contributed by atoms with Crippen molar-refractivity contribution in [3.05, 3.63) is 18.7 Å². The van der Waals surface area contributed by atoms with E-state index in [1.165, 1.54) is 0 Å². The Balaban J connectivity index is 0. The molecule has 0 unspecified atom stereocenters. The summed E-state index contributed by atoms with van der Waals surface area (Å²) in [6, 6.07) is 0. The van der Waals surface area contributed by atoms with E-state index < -0.39 is 0 Å². The van der Waals surface area contributed by atoms with Gasteiger partial charge in [0.15, 0.2) is 0 Å². The Kier molecular flexibility index (Phi) is 8.21. The first-order valence-electron chi connectivity index (χ1n) is 1.49. The van der Waals surface area contributed by atoms with E-state index in [2.05, 4.69) is 9.97 Å². The SMILES string of the molecule is [O-2].[Zn].c1c[nH+]c[nH]1. The maximum absolute atomic E-state index is 2.81. The van der Waals surface area contributed by atoms with Crippen LogP contribution in [0.25, 0.3) is 0 Å². The maximum atomic E-state index is 2.81. The minimum absolute atomic E-state index is 0. The normalized spacial score (nSPS) is 5.71. The van der Waals surface area contributed by atoms with Gasteiger partial charge in [-0.3, -0.25) is 9.97 Å². The van der Waals surface area contributed by atoms with E-state index in [1.54, 1.807) is 6.33 Å². The number of imidazole rings is 1. The van der Waals surface area contributed by atoms with Crippen molar-refractivity contribution >= 4 is 0 Å². The second-order valence-electron chi connectivity index (χ2n) is 0.811. The molecule has 0 saturated heterocycles. The van der Waals surface area contributed by atoms with Crippen molar-refractivity contribution in [1.29, 1.82) is 0 Å². The van der Waals surface area contributed by atoms with Crippen molar-refractivity contribution in [1.82, 2.24) is 4.98 Å². The molecule has 0 fully saturated rings. The molecule has 36 valence electrons. The Labute approximate surface area is 54.2 Å². The molecule has 0 saturated carbocycles. The molecule has 0 spiro atoms. The molecular weight excluding hydrogens is 145 g/mol. The second kappa shape index (κ2) is 5.79. The van der Waals surface area contributed by atoms with Gasteiger partial charge in [-0.25, -0.2) is 0 Å². The molecule has 1 rings (SSSR count). The zero-order chi connectivity index (χ0) is 3.54. The van der Waals surface area contributed by atoms with Crippen LogP contribution in [0.15, 0.2) is 18.7 Å². The average Bonchev–Trinajstić information content (AvgIpc) is 1.76. The molecule has 0 bridgehead atoms. The molecular formula is C3H5N2OZn-. The molecule has 3 nitrogen and oxygen atoms in total. The maximum Gasteiger partial charge on any atom is 0.239 e. The van der Waals surface area contributed by atoms with Crippen molar-refractivity contribution in [2.24, 2.45) is 0 Å². The Hall–Kier alpha value is -0.207. The van der Waals surface area contributed by atoms with Crippen LogP contribution in [-0.2, 0) is 25.0 Å². The third-order valence-corrected chi connectivity index (χ3v) is 0.442. The van der Waals surface area contributed by atoms with Gasteiger partial charge in [0.25, 0.3) is 0 Å². The van der Waals surface area contributed by atoms with Gasteiger partial charge in [0, 0.05) is 19.5 Å². The number of H-pyrrole nitrogens is 2. The predicted octanol–water partition coefficient (Wildman–Crippen LogP) is -0.293. The molecule has 1 heterocycles. The number of aromatic nitrogens is 2. The number of hydrogen-bond acceptors (Lipinski definition) is 0. The van der Waals surface area contributed by atoms with E-state index in [-0.39, 0.29) is 25.0 Å². The van der Waals surface area contributed by atoms with Crippen LogP contribution >= 0.6 is 0 Å². The van der Waals surface area contributed by atoms with Crippen molar-refractivity contribution < 1.29 is 29.9 Å². The van der Waals surface area contributed by atoms with Crippen LogP contribution in [-0.4, -0.2) is 4.98 Å². The first kappa shape index (κ1) is 9.92. The first-order valence-corrected chi connectivity index (χ1v) is 1.49. The molecule has 0 aliphatic carbocycles. The summed E-state index contributed by atoms with van der Waals surface area (Å²) < 4.78 is 0. The zero-order valence-electron chi connectivity index (χ0n) is 3.85. The number of aromatic amines is 2. The summed E-state index contributed by atoms with van der Waals surface area (Å²) in [7, 11) is 0. The van der Waals surface area contributed by atoms with E-state index in [9.17, 15) is 0 Å². The fraction of sp³-hybridized carbons (Fsp3) is 0. The fourth-order valence-electron chi connectivity index (χ4n) is 0.241. The van der Waals surface area contributed by atoms with Gasteiger partial charge in [0.05, 0.1) is 0 Å². The molecule has 0 aromatic carbocycles. The fourth-order valence-corrected chi connectivity index (χ4v) is 0.241. The average molecular weight is 150 g/mol. The third kappa shape index (κ3) is 3.63. The monoisotopic (exact) mass is 149 g/mol. The zero-order valence-corrected chi connectivity index (χ0v) is 6.81. The number of hydrogen-bond donors (Lipinski definition) is 1. The smallest absolute Gasteiger partial charge is 0.239 e. The van der Waals surface area contributed by atoms with Gasteiger partial charge in [0.1, 0.15) is 12.4 Å². The second-order valence-corrected chi connectivity index (χ2v) is 0.811. The molecule has 0 aliphatic heterocycles. The summed E-state index contributed by atoms with van der Waals surface area (Å²) in [6.07, 6.45) is 5.39. The van der Waals surface area contributed by atoms with Gasteiger partial charge in [-0.05, 0) is 0 Å². The van der Waals surface area contributed by atoms with Crippen LogP contribution in [0.1, 0.15) is 0 Å². The minimum Gasteiger partial charge on any atom is -2.00 e. The van der Waals surface area contributed by atoms with Gasteiger partial charge in [-0.2, -0.15) is 0 Å². The molecule has 1 aromatic heterocycles. The Bertz CT molecular complexity index is 69.4. The van der Waals surface area contributed by atoms with Crippen LogP contribution in [0.5, 0.6) is 0 Å². The van der Waals surface area contributed by atoms with Crippen molar-refractivity contribution in [2.45, 2.75) is 0 Å². The van der Waals surface area contributed by atoms with Crippen LogP contribution in [0.3, 0.4) is 0 Å². The summed E-state index contributed by atoms with van der Waals surface area (Å²) in [4.78, 5) is 5.61. The molecule has 2 N–H and O–H groups in total. The van der Waals surface area contributed by atoms with E-state index in [0.717, 1.165) is 0 Å². The predicted molar refractivity (Wildman–Crippen MR) is 18.0 cm³/mol. The van der Waals surface area contributed by atoms with Gasteiger partial charge < -0.3 is 5.48 Å². The Morgan fingerprint density at radius 1 is 1.43 bits per heavy atom. The van der Waals surface area contributed by atoms with Gasteiger partial charge in [-0.1, -0.05) is 0 Å². The molecule has 0 radical (unpaired) electrons. The number of nitrogens with one attached hydrogen (secondary N) is 2. The molecule has 4 heteroatoms. The summed E-state index contributed by atoms with van der Waals surface area (Å²) >= 11 is 0. The topological polar surface area (TPSA) is 58.4 Å². The van der Waals surface area contributed by atoms with Crippen molar-refractivity contribution in [3.8, 4) is 0 Å². The standard InChI is InChI=1S/C3H4N2.O.Zn/c1-2-5-3-4-1;;/h1-3H,(H,4,5);;/q;-2;/p+1. The van der Waals surface area contributed by atoms with Crippen LogP contribution in [0.2, 0.25) is 0 Å². The third-order valence-electron chi connectivity index (χ3n) is 0.442. The van der Waals surface area contributed by atoms with Crippen LogP contribution < -0.4 is 4.98 Å². The molecule has 7 heavy (non-hydrogen) atoms.